The van der Waals surface area contributed by atoms with Gasteiger partial charge in [0.2, 0.25) is 0 Å². The van der Waals surface area contributed by atoms with Crippen LogP contribution in [0.25, 0.3) is 0 Å². The van der Waals surface area contributed by atoms with E-state index in [1.54, 1.807) is 0 Å². The number of aldehydes is 1. The van der Waals surface area contributed by atoms with Gasteiger partial charge in [0.1, 0.15) is 12.1 Å². The number of ketones is 1. The van der Waals surface area contributed by atoms with Crippen LogP contribution in [0.2, 0.25) is 0 Å². The van der Waals surface area contributed by atoms with Crippen molar-refractivity contribution in [3.63, 3.8) is 0 Å². The van der Waals surface area contributed by atoms with Crippen LogP contribution in [0, 0.1) is 11.3 Å². The minimum Gasteiger partial charge on any atom is -0.303 e. The zero-order valence-corrected chi connectivity index (χ0v) is 11.5. The Kier molecular flexibility index (Phi) is 5.26. The largest absolute Gasteiger partial charge is 0.303 e. The molecule has 0 N–H and O–H groups in total. The molecule has 0 fully saturated rings. The number of carbonyl (C=O) groups excluding carboxylic acids is 2. The van der Waals surface area contributed by atoms with Crippen LogP contribution in [0.1, 0.15) is 39.2 Å². The summed E-state index contributed by atoms with van der Waals surface area (Å²) in [6, 6.07) is 9.84. The van der Waals surface area contributed by atoms with Crippen molar-refractivity contribution in [2.24, 2.45) is 11.3 Å². The van der Waals surface area contributed by atoms with Gasteiger partial charge in [-0.3, -0.25) is 4.79 Å². The number of carbonyl (C=O) groups is 2. The Balaban J connectivity index is 2.53. The number of hydrogen-bond acceptors (Lipinski definition) is 2. The molecule has 0 spiro atoms. The van der Waals surface area contributed by atoms with Gasteiger partial charge in [0, 0.05) is 18.8 Å². The zero-order valence-electron chi connectivity index (χ0n) is 11.5. The maximum Gasteiger partial charge on any atom is 0.134 e. The second-order valence-electron chi connectivity index (χ2n) is 6.07. The van der Waals surface area contributed by atoms with Crippen LogP contribution in [0.4, 0.5) is 0 Å². The summed E-state index contributed by atoms with van der Waals surface area (Å²) in [5.74, 6) is -0.0159. The normalized spacial score (nSPS) is 13.1. The predicted octanol–water partition coefficient (Wildman–Crippen LogP) is 3.44. The Morgan fingerprint density at radius 3 is 2.33 bits per heavy atom. The fraction of sp³-hybridized carbons (Fsp3) is 0.500. The fourth-order valence-electron chi connectivity index (χ4n) is 2.04. The first-order valence-corrected chi connectivity index (χ1v) is 6.41. The summed E-state index contributed by atoms with van der Waals surface area (Å²) in [6.07, 6.45) is 2.45. The van der Waals surface area contributed by atoms with Gasteiger partial charge in [-0.25, -0.2) is 0 Å². The average molecular weight is 246 g/mol. The highest BCUT2D eigenvalue weighted by atomic mass is 16.1. The molecular formula is C16H22O2. The van der Waals surface area contributed by atoms with Gasteiger partial charge in [0.15, 0.2) is 0 Å². The van der Waals surface area contributed by atoms with Crippen LogP contribution in [0.5, 0.6) is 0 Å². The lowest BCUT2D eigenvalue weighted by Crippen LogP contribution is -2.18. The zero-order chi connectivity index (χ0) is 13.6. The number of hydrogen-bond donors (Lipinski definition) is 0. The van der Waals surface area contributed by atoms with E-state index in [4.69, 9.17) is 0 Å². The quantitative estimate of drug-likeness (QED) is 0.720. The van der Waals surface area contributed by atoms with Crippen LogP contribution >= 0.6 is 0 Å². The van der Waals surface area contributed by atoms with Gasteiger partial charge < -0.3 is 4.79 Å². The summed E-state index contributed by atoms with van der Waals surface area (Å²) >= 11 is 0. The molecule has 0 aromatic heterocycles. The van der Waals surface area contributed by atoms with E-state index in [0.717, 1.165) is 11.8 Å². The van der Waals surface area contributed by atoms with Crippen molar-refractivity contribution in [1.82, 2.24) is 0 Å². The van der Waals surface area contributed by atoms with E-state index >= 15 is 0 Å². The Bertz CT molecular complexity index is 387. The molecule has 0 bridgehead atoms. The van der Waals surface area contributed by atoms with Crippen molar-refractivity contribution in [2.75, 3.05) is 0 Å². The molecule has 1 unspecified atom stereocenters. The van der Waals surface area contributed by atoms with E-state index in [-0.39, 0.29) is 17.1 Å². The first-order valence-electron chi connectivity index (χ1n) is 6.41. The average Bonchev–Trinajstić information content (AvgIpc) is 2.27. The third kappa shape index (κ3) is 5.76. The SMILES string of the molecule is CC(C)(C)CC(=O)CC(C=O)Cc1ccccc1. The highest BCUT2D eigenvalue weighted by Gasteiger charge is 2.19. The van der Waals surface area contributed by atoms with E-state index in [1.807, 2.05) is 51.1 Å². The van der Waals surface area contributed by atoms with Gasteiger partial charge in [0.05, 0.1) is 0 Å². The molecule has 0 aliphatic carbocycles. The molecule has 1 aromatic carbocycles. The van der Waals surface area contributed by atoms with E-state index in [0.29, 0.717) is 19.3 Å². The second-order valence-corrected chi connectivity index (χ2v) is 6.07. The van der Waals surface area contributed by atoms with Crippen molar-refractivity contribution in [3.8, 4) is 0 Å². The van der Waals surface area contributed by atoms with Gasteiger partial charge in [-0.2, -0.15) is 0 Å². The van der Waals surface area contributed by atoms with E-state index in [1.165, 1.54) is 0 Å². The van der Waals surface area contributed by atoms with Crippen LogP contribution < -0.4 is 0 Å². The summed E-state index contributed by atoms with van der Waals surface area (Å²) in [4.78, 5) is 22.9. The lowest BCUT2D eigenvalue weighted by Gasteiger charge is -2.18. The van der Waals surface area contributed by atoms with E-state index in [9.17, 15) is 9.59 Å². The molecule has 0 radical (unpaired) electrons. The molecule has 2 heteroatoms. The third-order valence-corrected chi connectivity index (χ3v) is 2.75. The van der Waals surface area contributed by atoms with Crippen molar-refractivity contribution >= 4 is 12.1 Å². The highest BCUT2D eigenvalue weighted by molar-refractivity contribution is 5.81. The standard InChI is InChI=1S/C16H22O2/c1-16(2,3)11-15(18)10-14(12-17)9-13-7-5-4-6-8-13/h4-8,12,14H,9-11H2,1-3H3. The molecule has 0 saturated heterocycles. The topological polar surface area (TPSA) is 34.1 Å². The molecule has 1 rings (SSSR count). The minimum atomic E-state index is -0.192. The lowest BCUT2D eigenvalue weighted by atomic mass is 9.86. The molecule has 18 heavy (non-hydrogen) atoms. The Morgan fingerprint density at radius 1 is 1.22 bits per heavy atom. The Morgan fingerprint density at radius 2 is 1.83 bits per heavy atom. The summed E-state index contributed by atoms with van der Waals surface area (Å²) in [5, 5.41) is 0. The number of Topliss-reactive ketones (excluding diaryl/α,β-unsaturated/α-hetero) is 1. The van der Waals surface area contributed by atoms with Gasteiger partial charge in [-0.05, 0) is 17.4 Å². The number of rotatable bonds is 6. The van der Waals surface area contributed by atoms with Crippen LogP contribution in [0.3, 0.4) is 0 Å². The summed E-state index contributed by atoms with van der Waals surface area (Å²) in [5.41, 5.74) is 1.11. The van der Waals surface area contributed by atoms with E-state index in [2.05, 4.69) is 0 Å². The van der Waals surface area contributed by atoms with Crippen LogP contribution in [-0.4, -0.2) is 12.1 Å². The molecule has 0 aliphatic rings. The molecule has 1 atom stereocenters. The van der Waals surface area contributed by atoms with Gasteiger partial charge in [-0.1, -0.05) is 51.1 Å². The van der Waals surface area contributed by atoms with Crippen molar-refractivity contribution in [3.05, 3.63) is 35.9 Å². The summed E-state index contributed by atoms with van der Waals surface area (Å²) < 4.78 is 0. The first kappa shape index (κ1) is 14.6. The Hall–Kier alpha value is -1.44. The van der Waals surface area contributed by atoms with Gasteiger partial charge in [-0.15, -0.1) is 0 Å². The highest BCUT2D eigenvalue weighted by Crippen LogP contribution is 2.21. The Labute approximate surface area is 109 Å². The monoisotopic (exact) mass is 246 g/mol. The predicted molar refractivity (Wildman–Crippen MR) is 73.4 cm³/mol. The summed E-state index contributed by atoms with van der Waals surface area (Å²) in [6.45, 7) is 6.12. The molecule has 0 amide bonds. The van der Waals surface area contributed by atoms with Crippen molar-refractivity contribution < 1.29 is 9.59 Å². The lowest BCUT2D eigenvalue weighted by molar-refractivity contribution is -0.124. The van der Waals surface area contributed by atoms with Crippen LogP contribution in [-0.2, 0) is 16.0 Å². The summed E-state index contributed by atoms with van der Waals surface area (Å²) in [7, 11) is 0. The molecule has 0 heterocycles. The van der Waals surface area contributed by atoms with Crippen LogP contribution in [0.15, 0.2) is 30.3 Å². The first-order chi connectivity index (χ1) is 8.40. The molecule has 0 aliphatic heterocycles. The number of benzene rings is 1. The van der Waals surface area contributed by atoms with Crippen molar-refractivity contribution in [1.29, 1.82) is 0 Å². The van der Waals surface area contributed by atoms with Gasteiger partial charge >= 0.3 is 0 Å². The fourth-order valence-corrected chi connectivity index (χ4v) is 2.04. The third-order valence-electron chi connectivity index (χ3n) is 2.75. The molecule has 2 nitrogen and oxygen atoms in total. The molecule has 0 saturated carbocycles. The minimum absolute atomic E-state index is 0.00271. The second kappa shape index (κ2) is 6.48. The molecule has 98 valence electrons. The maximum absolute atomic E-state index is 11.9. The van der Waals surface area contributed by atoms with E-state index < -0.39 is 0 Å². The van der Waals surface area contributed by atoms with Crippen molar-refractivity contribution in [2.45, 2.75) is 40.0 Å². The molecule has 1 aromatic rings. The maximum atomic E-state index is 11.9. The van der Waals surface area contributed by atoms with Gasteiger partial charge in [0.25, 0.3) is 0 Å². The smallest absolute Gasteiger partial charge is 0.134 e. The molecular weight excluding hydrogens is 224 g/mol.